The number of aryl methyl sites for hydroxylation is 1. The molecule has 2 aromatic carbocycles. The minimum Gasteiger partial charge on any atom is -0.325 e. The van der Waals surface area contributed by atoms with Crippen molar-refractivity contribution in [3.8, 4) is 0 Å². The molecule has 1 aliphatic rings. The van der Waals surface area contributed by atoms with E-state index in [9.17, 15) is 23.3 Å². The summed E-state index contributed by atoms with van der Waals surface area (Å²) in [6, 6.07) is 12.0. The number of benzene rings is 2. The summed E-state index contributed by atoms with van der Waals surface area (Å²) in [5.41, 5.74) is 1.42. The quantitative estimate of drug-likeness (QED) is 0.539. The van der Waals surface area contributed by atoms with Gasteiger partial charge in [0.05, 0.1) is 15.9 Å². The first kappa shape index (κ1) is 22.9. The lowest BCUT2D eigenvalue weighted by atomic mass is 10.2. The number of non-ortho nitro benzene ring substituents is 1. The minimum absolute atomic E-state index is 0.0477. The molecule has 1 atom stereocenters. The van der Waals surface area contributed by atoms with Crippen LogP contribution in [-0.4, -0.2) is 60.7 Å². The third-order valence-electron chi connectivity index (χ3n) is 5.42. The molecule has 0 unspecified atom stereocenters. The van der Waals surface area contributed by atoms with Gasteiger partial charge in [-0.05, 0) is 44.5 Å². The van der Waals surface area contributed by atoms with E-state index >= 15 is 0 Å². The van der Waals surface area contributed by atoms with Gasteiger partial charge in [0, 0.05) is 44.0 Å². The van der Waals surface area contributed by atoms with Crippen molar-refractivity contribution >= 4 is 27.3 Å². The lowest BCUT2D eigenvalue weighted by Crippen LogP contribution is -2.44. The second kappa shape index (κ2) is 9.54. The van der Waals surface area contributed by atoms with E-state index in [1.165, 1.54) is 28.6 Å². The third-order valence-corrected chi connectivity index (χ3v) is 7.33. The zero-order chi connectivity index (χ0) is 22.6. The summed E-state index contributed by atoms with van der Waals surface area (Å²) in [6.45, 7) is 5.39. The highest BCUT2D eigenvalue weighted by Crippen LogP contribution is 2.20. The van der Waals surface area contributed by atoms with E-state index < -0.39 is 21.0 Å². The molecule has 1 amide bonds. The van der Waals surface area contributed by atoms with Gasteiger partial charge in [-0.2, -0.15) is 4.31 Å². The van der Waals surface area contributed by atoms with Gasteiger partial charge in [-0.15, -0.1) is 0 Å². The van der Waals surface area contributed by atoms with Crippen LogP contribution < -0.4 is 5.32 Å². The number of nitro groups is 1. The number of carbonyl (C=O) groups is 1. The smallest absolute Gasteiger partial charge is 0.269 e. The Kier molecular flexibility index (Phi) is 7.04. The lowest BCUT2D eigenvalue weighted by molar-refractivity contribution is -0.384. The van der Waals surface area contributed by atoms with Crippen molar-refractivity contribution in [1.82, 2.24) is 9.21 Å². The van der Waals surface area contributed by atoms with Crippen LogP contribution in [0.15, 0.2) is 53.4 Å². The maximum Gasteiger partial charge on any atom is 0.269 e. The van der Waals surface area contributed by atoms with E-state index in [1.54, 1.807) is 31.2 Å². The molecule has 1 N–H and O–H groups in total. The van der Waals surface area contributed by atoms with Gasteiger partial charge in [0.15, 0.2) is 0 Å². The fourth-order valence-electron chi connectivity index (χ4n) is 3.48. The monoisotopic (exact) mass is 446 g/mol. The maximum absolute atomic E-state index is 13.0. The van der Waals surface area contributed by atoms with Crippen molar-refractivity contribution in [1.29, 1.82) is 0 Å². The van der Waals surface area contributed by atoms with Gasteiger partial charge in [-0.25, -0.2) is 8.42 Å². The second-order valence-electron chi connectivity index (χ2n) is 7.58. The van der Waals surface area contributed by atoms with Crippen LogP contribution in [0.5, 0.6) is 0 Å². The standard InChI is InChI=1S/C21H26N4O5S/c1-16-4-10-20(11-5-16)31(29,30)24-13-3-12-23(14-15-24)17(2)21(26)22-18-6-8-19(9-7-18)25(27)28/h4-11,17H,3,12-15H2,1-2H3,(H,22,26)/t17-/m1/s1. The Morgan fingerprint density at radius 2 is 1.68 bits per heavy atom. The van der Waals surface area contributed by atoms with Gasteiger partial charge < -0.3 is 5.32 Å². The van der Waals surface area contributed by atoms with Crippen LogP contribution in [0, 0.1) is 17.0 Å². The Bertz CT molecular complexity index is 1040. The number of anilines is 1. The van der Waals surface area contributed by atoms with Crippen molar-refractivity contribution in [2.75, 3.05) is 31.5 Å². The van der Waals surface area contributed by atoms with Crippen LogP contribution >= 0.6 is 0 Å². The fourth-order valence-corrected chi connectivity index (χ4v) is 4.95. The highest BCUT2D eigenvalue weighted by Gasteiger charge is 2.30. The number of carbonyl (C=O) groups excluding carboxylic acids is 1. The normalized spacial score (nSPS) is 17.0. The zero-order valence-electron chi connectivity index (χ0n) is 17.5. The average Bonchev–Trinajstić information content (AvgIpc) is 3.00. The van der Waals surface area contributed by atoms with Crippen LogP contribution in [0.25, 0.3) is 0 Å². The number of sulfonamides is 1. The number of nitrogens with one attached hydrogen (secondary N) is 1. The first-order valence-corrected chi connectivity index (χ1v) is 11.5. The summed E-state index contributed by atoms with van der Waals surface area (Å²) in [5, 5.41) is 13.5. The maximum atomic E-state index is 13.0. The summed E-state index contributed by atoms with van der Waals surface area (Å²) in [7, 11) is -3.58. The summed E-state index contributed by atoms with van der Waals surface area (Å²) >= 11 is 0. The van der Waals surface area contributed by atoms with Gasteiger partial charge in [-0.3, -0.25) is 19.8 Å². The van der Waals surface area contributed by atoms with Crippen molar-refractivity contribution in [2.45, 2.75) is 31.2 Å². The van der Waals surface area contributed by atoms with Gasteiger partial charge in [0.25, 0.3) is 5.69 Å². The fraction of sp³-hybridized carbons (Fsp3) is 0.381. The van der Waals surface area contributed by atoms with Crippen LogP contribution in [0.4, 0.5) is 11.4 Å². The van der Waals surface area contributed by atoms with Crippen molar-refractivity contribution in [2.24, 2.45) is 0 Å². The highest BCUT2D eigenvalue weighted by atomic mass is 32.2. The van der Waals surface area contributed by atoms with Crippen molar-refractivity contribution in [3.63, 3.8) is 0 Å². The molecular weight excluding hydrogens is 420 g/mol. The molecular formula is C21H26N4O5S. The van der Waals surface area contributed by atoms with Crippen LogP contribution in [0.3, 0.4) is 0 Å². The Morgan fingerprint density at radius 1 is 1.03 bits per heavy atom. The molecule has 0 saturated carbocycles. The largest absolute Gasteiger partial charge is 0.325 e. The summed E-state index contributed by atoms with van der Waals surface area (Å²) in [4.78, 5) is 25.1. The molecule has 2 aromatic rings. The molecule has 166 valence electrons. The molecule has 31 heavy (non-hydrogen) atoms. The molecule has 0 bridgehead atoms. The molecule has 0 radical (unpaired) electrons. The van der Waals surface area contributed by atoms with Crippen LogP contribution in [0.2, 0.25) is 0 Å². The first-order chi connectivity index (χ1) is 14.7. The molecule has 1 heterocycles. The van der Waals surface area contributed by atoms with Gasteiger partial charge >= 0.3 is 0 Å². The summed E-state index contributed by atoms with van der Waals surface area (Å²) < 4.78 is 27.4. The molecule has 9 nitrogen and oxygen atoms in total. The average molecular weight is 447 g/mol. The number of hydrogen-bond donors (Lipinski definition) is 1. The Labute approximate surface area is 181 Å². The van der Waals surface area contributed by atoms with Crippen LogP contribution in [-0.2, 0) is 14.8 Å². The zero-order valence-corrected chi connectivity index (χ0v) is 18.3. The van der Waals surface area contributed by atoms with E-state index in [4.69, 9.17) is 0 Å². The number of hydrogen-bond acceptors (Lipinski definition) is 6. The Morgan fingerprint density at radius 3 is 2.29 bits per heavy atom. The van der Waals surface area contributed by atoms with E-state index in [1.807, 2.05) is 11.8 Å². The molecule has 0 aliphatic carbocycles. The van der Waals surface area contributed by atoms with Gasteiger partial charge in [0.1, 0.15) is 0 Å². The predicted molar refractivity (Wildman–Crippen MR) is 117 cm³/mol. The third kappa shape index (κ3) is 5.46. The number of nitro benzene ring substituents is 1. The van der Waals surface area contributed by atoms with E-state index in [-0.39, 0.29) is 16.5 Å². The number of amides is 1. The number of nitrogens with zero attached hydrogens (tertiary/aromatic N) is 3. The first-order valence-electron chi connectivity index (χ1n) is 10.0. The van der Waals surface area contributed by atoms with Crippen molar-refractivity contribution in [3.05, 3.63) is 64.2 Å². The highest BCUT2D eigenvalue weighted by molar-refractivity contribution is 7.89. The Balaban J connectivity index is 1.62. The Hall–Kier alpha value is -2.82. The summed E-state index contributed by atoms with van der Waals surface area (Å²) in [5.74, 6) is -0.247. The molecule has 10 heteroatoms. The van der Waals surface area contributed by atoms with Crippen LogP contribution in [0.1, 0.15) is 18.9 Å². The lowest BCUT2D eigenvalue weighted by Gasteiger charge is -2.27. The molecule has 0 spiro atoms. The van der Waals surface area contributed by atoms with Gasteiger partial charge in [-0.1, -0.05) is 17.7 Å². The van der Waals surface area contributed by atoms with E-state index in [2.05, 4.69) is 5.32 Å². The van der Waals surface area contributed by atoms with Crippen molar-refractivity contribution < 1.29 is 18.1 Å². The molecule has 3 rings (SSSR count). The molecule has 1 fully saturated rings. The molecule has 0 aromatic heterocycles. The predicted octanol–water partition coefficient (Wildman–Crippen LogP) is 2.63. The molecule has 1 aliphatic heterocycles. The summed E-state index contributed by atoms with van der Waals surface area (Å²) in [6.07, 6.45) is 0.611. The van der Waals surface area contributed by atoms with Gasteiger partial charge in [0.2, 0.25) is 15.9 Å². The van der Waals surface area contributed by atoms with E-state index in [0.29, 0.717) is 38.3 Å². The SMILES string of the molecule is Cc1ccc(S(=O)(=O)N2CCCN([C@H](C)C(=O)Nc3ccc([N+](=O)[O-])cc3)CC2)cc1. The minimum atomic E-state index is -3.58. The van der Waals surface area contributed by atoms with E-state index in [0.717, 1.165) is 5.56 Å². The number of rotatable bonds is 6. The molecule has 1 saturated heterocycles. The second-order valence-corrected chi connectivity index (χ2v) is 9.51. The topological polar surface area (TPSA) is 113 Å².